The molecule has 2 heterocycles. The Kier molecular flexibility index (Phi) is 3.61. The number of nitrogens with zero attached hydrogens (tertiary/aromatic N) is 4. The second-order valence-electron chi connectivity index (χ2n) is 6.73. The van der Waals surface area contributed by atoms with Gasteiger partial charge >= 0.3 is 0 Å². The molecule has 0 N–H and O–H groups in total. The number of rotatable bonds is 2. The smallest absolute Gasteiger partial charge is 0.263 e. The molecule has 1 saturated heterocycles. The number of halogens is 1. The van der Waals surface area contributed by atoms with Crippen LogP contribution < -0.4 is 9.91 Å². The average Bonchev–Trinajstić information content (AvgIpc) is 3.10. The number of carbonyl (C=O) groups excluding carboxylic acids is 2. The quantitative estimate of drug-likeness (QED) is 0.780. The van der Waals surface area contributed by atoms with Crippen molar-refractivity contribution in [3.8, 4) is 0 Å². The van der Waals surface area contributed by atoms with Crippen molar-refractivity contribution in [2.75, 3.05) is 9.91 Å². The van der Waals surface area contributed by atoms with E-state index in [2.05, 4.69) is 10.3 Å². The van der Waals surface area contributed by atoms with Crippen LogP contribution in [-0.4, -0.2) is 23.9 Å². The number of anilines is 2. The summed E-state index contributed by atoms with van der Waals surface area (Å²) in [5.74, 6) is -1.22. The normalized spacial score (nSPS) is 21.7. The lowest BCUT2D eigenvalue weighted by molar-refractivity contribution is -0.121. The zero-order chi connectivity index (χ0) is 18.6. The Morgan fingerprint density at radius 1 is 0.923 bits per heavy atom. The summed E-state index contributed by atoms with van der Waals surface area (Å²) in [6.45, 7) is 5.46. The van der Waals surface area contributed by atoms with Gasteiger partial charge in [0.2, 0.25) is 0 Å². The lowest BCUT2D eigenvalue weighted by atomic mass is 10.1. The van der Waals surface area contributed by atoms with Crippen molar-refractivity contribution in [1.82, 2.24) is 0 Å². The van der Waals surface area contributed by atoms with Crippen LogP contribution in [0.25, 0.3) is 0 Å². The van der Waals surface area contributed by atoms with E-state index in [1.807, 2.05) is 19.9 Å². The highest BCUT2D eigenvalue weighted by atomic mass is 19.1. The highest BCUT2D eigenvalue weighted by Gasteiger charge is 2.55. The molecule has 0 aromatic heterocycles. The van der Waals surface area contributed by atoms with E-state index < -0.39 is 29.7 Å². The maximum absolute atomic E-state index is 13.9. The lowest BCUT2D eigenvalue weighted by Gasteiger charge is -2.21. The van der Waals surface area contributed by atoms with E-state index in [-0.39, 0.29) is 0 Å². The molecule has 2 aliphatic rings. The molecule has 7 heteroatoms. The summed E-state index contributed by atoms with van der Waals surface area (Å²) >= 11 is 0. The van der Waals surface area contributed by atoms with Gasteiger partial charge in [-0.2, -0.15) is 5.11 Å². The molecule has 4 rings (SSSR count). The molecular weight excluding hydrogens is 335 g/mol. The first-order chi connectivity index (χ1) is 12.4. The fourth-order valence-corrected chi connectivity index (χ4v) is 3.43. The van der Waals surface area contributed by atoms with Gasteiger partial charge in [0.25, 0.3) is 11.8 Å². The van der Waals surface area contributed by atoms with Crippen LogP contribution in [0.2, 0.25) is 0 Å². The molecule has 0 unspecified atom stereocenters. The number of imide groups is 1. The third-order valence-corrected chi connectivity index (χ3v) is 4.67. The third-order valence-electron chi connectivity index (χ3n) is 4.67. The van der Waals surface area contributed by atoms with Gasteiger partial charge in [-0.25, -0.2) is 14.3 Å². The number of hydrogen-bond donors (Lipinski definition) is 0. The van der Waals surface area contributed by atoms with Gasteiger partial charge in [0.15, 0.2) is 12.1 Å². The van der Waals surface area contributed by atoms with Crippen LogP contribution in [0, 0.1) is 26.6 Å². The Labute approximate surface area is 149 Å². The molecule has 2 aromatic rings. The van der Waals surface area contributed by atoms with Crippen LogP contribution in [0.5, 0.6) is 0 Å². The first-order valence-corrected chi connectivity index (χ1v) is 8.29. The van der Waals surface area contributed by atoms with E-state index in [1.165, 1.54) is 11.1 Å². The summed E-state index contributed by atoms with van der Waals surface area (Å²) in [6, 6.07) is 8.32. The zero-order valence-electron chi connectivity index (χ0n) is 14.6. The molecule has 6 nitrogen and oxygen atoms in total. The molecule has 0 aliphatic carbocycles. The van der Waals surface area contributed by atoms with Crippen molar-refractivity contribution in [2.45, 2.75) is 32.9 Å². The molecular formula is C19H17FN4O2. The van der Waals surface area contributed by atoms with Gasteiger partial charge in [0, 0.05) is 0 Å². The first kappa shape index (κ1) is 16.4. The van der Waals surface area contributed by atoms with Crippen molar-refractivity contribution in [2.24, 2.45) is 10.3 Å². The highest BCUT2D eigenvalue weighted by molar-refractivity contribution is 6.26. The Morgan fingerprint density at radius 3 is 2.27 bits per heavy atom. The van der Waals surface area contributed by atoms with Crippen molar-refractivity contribution in [1.29, 1.82) is 0 Å². The summed E-state index contributed by atoms with van der Waals surface area (Å²) in [5, 5.41) is 9.25. The van der Waals surface area contributed by atoms with E-state index in [0.29, 0.717) is 16.9 Å². The second-order valence-corrected chi connectivity index (χ2v) is 6.73. The minimum absolute atomic E-state index is 0.396. The van der Waals surface area contributed by atoms with E-state index in [9.17, 15) is 14.0 Å². The maximum Gasteiger partial charge on any atom is 0.263 e. The van der Waals surface area contributed by atoms with Crippen LogP contribution in [0.1, 0.15) is 16.7 Å². The fourth-order valence-electron chi connectivity index (χ4n) is 3.43. The monoisotopic (exact) mass is 352 g/mol. The Bertz CT molecular complexity index is 952. The van der Waals surface area contributed by atoms with Crippen LogP contribution >= 0.6 is 0 Å². The maximum atomic E-state index is 13.9. The predicted octanol–water partition coefficient (Wildman–Crippen LogP) is 3.25. The van der Waals surface area contributed by atoms with Crippen LogP contribution in [0.15, 0.2) is 46.7 Å². The van der Waals surface area contributed by atoms with Gasteiger partial charge in [-0.1, -0.05) is 17.4 Å². The SMILES string of the molecule is Cc1cc(C)cc(N2C(=O)[C@@H]3[C@@H](N=NN3c3ccc(C)c(F)c3)C2=O)c1. The molecule has 26 heavy (non-hydrogen) atoms. The average molecular weight is 352 g/mol. The Hall–Kier alpha value is -3.09. The molecule has 2 aromatic carbocycles. The van der Waals surface area contributed by atoms with Crippen LogP contribution in [0.3, 0.4) is 0 Å². The van der Waals surface area contributed by atoms with Gasteiger partial charge in [-0.15, -0.1) is 0 Å². The standard InChI is InChI=1S/C19H17FN4O2/c1-10-6-11(2)8-14(7-10)23-18(25)16-17(19(23)26)24(22-21-16)13-5-4-12(3)15(20)9-13/h4-9,16-17H,1-3H3/t16-,17+/m1/s1. The first-order valence-electron chi connectivity index (χ1n) is 8.29. The zero-order valence-corrected chi connectivity index (χ0v) is 14.6. The van der Waals surface area contributed by atoms with Crippen molar-refractivity contribution < 1.29 is 14.0 Å². The summed E-state index contributed by atoms with van der Waals surface area (Å²) < 4.78 is 13.9. The van der Waals surface area contributed by atoms with Crippen molar-refractivity contribution in [3.05, 3.63) is 58.9 Å². The van der Waals surface area contributed by atoms with Gasteiger partial charge < -0.3 is 0 Å². The summed E-state index contributed by atoms with van der Waals surface area (Å²) in [5.41, 5.74) is 3.32. The predicted molar refractivity (Wildman–Crippen MR) is 94.5 cm³/mol. The van der Waals surface area contributed by atoms with Gasteiger partial charge in [0.05, 0.1) is 11.4 Å². The van der Waals surface area contributed by atoms with Crippen LogP contribution in [0.4, 0.5) is 15.8 Å². The molecule has 1 fully saturated rings. The minimum atomic E-state index is -0.910. The van der Waals surface area contributed by atoms with Crippen LogP contribution in [-0.2, 0) is 9.59 Å². The van der Waals surface area contributed by atoms with Gasteiger partial charge in [-0.05, 0) is 61.7 Å². The number of aryl methyl sites for hydroxylation is 3. The lowest BCUT2D eigenvalue weighted by Crippen LogP contribution is -2.40. The Morgan fingerprint density at radius 2 is 1.62 bits per heavy atom. The second kappa shape index (κ2) is 5.72. The van der Waals surface area contributed by atoms with E-state index in [4.69, 9.17) is 0 Å². The largest absolute Gasteiger partial charge is 0.271 e. The summed E-state index contributed by atoms with van der Waals surface area (Å²) in [7, 11) is 0. The van der Waals surface area contributed by atoms with Gasteiger partial charge in [0.1, 0.15) is 5.82 Å². The molecule has 132 valence electrons. The molecule has 2 amide bonds. The molecule has 0 saturated carbocycles. The molecule has 0 spiro atoms. The third kappa shape index (κ3) is 2.39. The summed E-state index contributed by atoms with van der Waals surface area (Å²) in [4.78, 5) is 26.9. The van der Waals surface area contributed by atoms with E-state index in [1.54, 1.807) is 31.2 Å². The number of amides is 2. The molecule has 2 atom stereocenters. The highest BCUT2D eigenvalue weighted by Crippen LogP contribution is 2.35. The van der Waals surface area contributed by atoms with Crippen molar-refractivity contribution >= 4 is 23.2 Å². The van der Waals surface area contributed by atoms with Gasteiger partial charge in [-0.3, -0.25) is 9.59 Å². The Balaban J connectivity index is 1.72. The number of benzene rings is 2. The molecule has 0 bridgehead atoms. The minimum Gasteiger partial charge on any atom is -0.271 e. The topological polar surface area (TPSA) is 65.3 Å². The fraction of sp³-hybridized carbons (Fsp3) is 0.263. The van der Waals surface area contributed by atoms with Crippen molar-refractivity contribution in [3.63, 3.8) is 0 Å². The number of fused-ring (bicyclic) bond motifs is 1. The summed E-state index contributed by atoms with van der Waals surface area (Å²) in [6.07, 6.45) is 0. The van der Waals surface area contributed by atoms with E-state index in [0.717, 1.165) is 16.0 Å². The molecule has 2 aliphatic heterocycles. The number of hydrogen-bond acceptors (Lipinski definition) is 5. The van der Waals surface area contributed by atoms with E-state index >= 15 is 0 Å². The molecule has 0 radical (unpaired) electrons. The number of carbonyl (C=O) groups is 2.